The smallest absolute Gasteiger partial charge is 0.512 e. The molecule has 2 N–H and O–H groups in total. The average Bonchev–Trinajstić information content (AvgIpc) is 2.20. The molecule has 0 unspecified atom stereocenters. The summed E-state index contributed by atoms with van der Waals surface area (Å²) in [5.74, 6) is 1.32. The summed E-state index contributed by atoms with van der Waals surface area (Å²) in [7, 11) is -0.0999. The van der Waals surface area contributed by atoms with Crippen LogP contribution in [0.2, 0.25) is 0 Å². The van der Waals surface area contributed by atoms with Gasteiger partial charge in [-0.2, -0.15) is 0 Å². The fourth-order valence-electron chi connectivity index (χ4n) is 0.979. The molecule has 1 aromatic rings. The average molecular weight is 228 g/mol. The van der Waals surface area contributed by atoms with Gasteiger partial charge >= 0.3 is 7.32 Å². The topological polar surface area (TPSA) is 58.9 Å². The molecular formula is C9H13BO4S. The minimum atomic E-state index is -1.77. The Morgan fingerprint density at radius 3 is 2.47 bits per heavy atom. The van der Waals surface area contributed by atoms with Crippen molar-refractivity contribution in [1.82, 2.24) is 0 Å². The third-order valence-corrected chi connectivity index (χ3v) is 2.60. The van der Waals surface area contributed by atoms with Gasteiger partial charge in [0, 0.05) is 17.8 Å². The maximum Gasteiger partial charge on any atom is 0.707 e. The summed E-state index contributed by atoms with van der Waals surface area (Å²) < 4.78 is 9.60. The van der Waals surface area contributed by atoms with Crippen molar-refractivity contribution in [1.29, 1.82) is 0 Å². The van der Waals surface area contributed by atoms with Crippen molar-refractivity contribution in [3.8, 4) is 5.75 Å². The lowest BCUT2D eigenvalue weighted by molar-refractivity contribution is 0.218. The van der Waals surface area contributed by atoms with Gasteiger partial charge < -0.3 is 19.4 Å². The van der Waals surface area contributed by atoms with Gasteiger partial charge in [0.2, 0.25) is 0 Å². The summed E-state index contributed by atoms with van der Waals surface area (Å²) in [6, 6.07) is 7.10. The molecule has 0 aliphatic rings. The molecule has 0 fully saturated rings. The first kappa shape index (κ1) is 12.4. The van der Waals surface area contributed by atoms with Gasteiger partial charge in [0.15, 0.2) is 0 Å². The van der Waals surface area contributed by atoms with E-state index < -0.39 is 7.32 Å². The van der Waals surface area contributed by atoms with Crippen molar-refractivity contribution in [2.75, 3.05) is 19.5 Å². The van der Waals surface area contributed by atoms with Crippen LogP contribution < -0.4 is 4.65 Å². The second-order valence-corrected chi connectivity index (χ2v) is 3.93. The molecule has 0 aromatic heterocycles. The molecular weight excluding hydrogens is 215 g/mol. The zero-order valence-electron chi connectivity index (χ0n) is 8.42. The predicted molar refractivity (Wildman–Crippen MR) is 59.9 cm³/mol. The van der Waals surface area contributed by atoms with Crippen molar-refractivity contribution >= 4 is 19.1 Å². The van der Waals surface area contributed by atoms with Crippen LogP contribution >= 0.6 is 11.8 Å². The summed E-state index contributed by atoms with van der Waals surface area (Å²) in [6.07, 6.45) is 0. The molecule has 0 bridgehead atoms. The standard InChI is InChI=1S/C9H13BO4S/c1-13-6-7-15-9-4-2-8(3-5-9)14-10(11)12/h2-5,11-12H,6-7H2,1H3. The van der Waals surface area contributed by atoms with Crippen LogP contribution in [0.3, 0.4) is 0 Å². The maximum absolute atomic E-state index is 8.56. The first-order valence-corrected chi connectivity index (χ1v) is 5.45. The van der Waals surface area contributed by atoms with Crippen LogP contribution in [0.1, 0.15) is 0 Å². The molecule has 4 nitrogen and oxygen atoms in total. The Morgan fingerprint density at radius 1 is 1.27 bits per heavy atom. The molecule has 0 heterocycles. The molecule has 0 saturated carbocycles. The summed E-state index contributed by atoms with van der Waals surface area (Å²) in [5.41, 5.74) is 0. The quantitative estimate of drug-likeness (QED) is 0.428. The highest BCUT2D eigenvalue weighted by atomic mass is 32.2. The molecule has 0 amide bonds. The summed E-state index contributed by atoms with van der Waals surface area (Å²) in [5, 5.41) is 17.1. The third kappa shape index (κ3) is 5.08. The van der Waals surface area contributed by atoms with Crippen molar-refractivity contribution in [2.45, 2.75) is 4.90 Å². The van der Waals surface area contributed by atoms with Gasteiger partial charge in [-0.15, -0.1) is 11.8 Å². The van der Waals surface area contributed by atoms with Crippen LogP contribution in [0, 0.1) is 0 Å². The lowest BCUT2D eigenvalue weighted by atomic mass is 10.2. The van der Waals surface area contributed by atoms with Gasteiger partial charge in [-0.1, -0.05) is 0 Å². The second-order valence-electron chi connectivity index (χ2n) is 2.76. The number of rotatable bonds is 6. The molecule has 0 aliphatic heterocycles. The van der Waals surface area contributed by atoms with Crippen molar-refractivity contribution < 1.29 is 19.4 Å². The van der Waals surface area contributed by atoms with Gasteiger partial charge in [0.1, 0.15) is 5.75 Å². The van der Waals surface area contributed by atoms with E-state index in [-0.39, 0.29) is 0 Å². The normalized spacial score (nSPS) is 10.1. The Balaban J connectivity index is 2.42. The van der Waals surface area contributed by atoms with E-state index in [2.05, 4.69) is 4.65 Å². The number of hydrogen-bond acceptors (Lipinski definition) is 5. The summed E-state index contributed by atoms with van der Waals surface area (Å²) in [4.78, 5) is 1.09. The summed E-state index contributed by atoms with van der Waals surface area (Å²) in [6.45, 7) is 0.707. The molecule has 0 spiro atoms. The Kier molecular flexibility index (Phi) is 5.56. The van der Waals surface area contributed by atoms with E-state index >= 15 is 0 Å². The molecule has 82 valence electrons. The lowest BCUT2D eigenvalue weighted by Crippen LogP contribution is -2.20. The minimum absolute atomic E-state index is 0.432. The molecule has 0 radical (unpaired) electrons. The van der Waals surface area contributed by atoms with Crippen LogP contribution in [-0.4, -0.2) is 36.8 Å². The maximum atomic E-state index is 8.56. The van der Waals surface area contributed by atoms with Gasteiger partial charge in [0.25, 0.3) is 0 Å². The van der Waals surface area contributed by atoms with E-state index in [9.17, 15) is 0 Å². The number of benzene rings is 1. The molecule has 6 heteroatoms. The SMILES string of the molecule is COCCSc1ccc(OB(O)O)cc1. The Labute approximate surface area is 93.4 Å². The molecule has 1 aromatic carbocycles. The van der Waals surface area contributed by atoms with Gasteiger partial charge in [0.05, 0.1) is 6.61 Å². The fourth-order valence-corrected chi connectivity index (χ4v) is 1.79. The fraction of sp³-hybridized carbons (Fsp3) is 0.333. The van der Waals surface area contributed by atoms with E-state index in [0.29, 0.717) is 12.4 Å². The molecule has 15 heavy (non-hydrogen) atoms. The van der Waals surface area contributed by atoms with Gasteiger partial charge in [-0.3, -0.25) is 0 Å². The van der Waals surface area contributed by atoms with E-state index in [0.717, 1.165) is 10.6 Å². The highest BCUT2D eigenvalue weighted by molar-refractivity contribution is 7.99. The number of ether oxygens (including phenoxy) is 1. The molecule has 1 rings (SSSR count). The third-order valence-electron chi connectivity index (χ3n) is 1.62. The van der Waals surface area contributed by atoms with Crippen molar-refractivity contribution in [3.63, 3.8) is 0 Å². The van der Waals surface area contributed by atoms with E-state index in [1.807, 2.05) is 12.1 Å². The monoisotopic (exact) mass is 228 g/mol. The summed E-state index contributed by atoms with van der Waals surface area (Å²) >= 11 is 1.67. The van der Waals surface area contributed by atoms with Crippen LogP contribution in [-0.2, 0) is 4.74 Å². The second kappa shape index (κ2) is 6.74. The first-order chi connectivity index (χ1) is 7.22. The van der Waals surface area contributed by atoms with Crippen molar-refractivity contribution in [2.24, 2.45) is 0 Å². The Hall–Kier alpha value is -0.685. The van der Waals surface area contributed by atoms with Gasteiger partial charge in [-0.25, -0.2) is 0 Å². The largest absolute Gasteiger partial charge is 0.707 e. The Morgan fingerprint density at radius 2 is 1.93 bits per heavy atom. The molecule has 0 atom stereocenters. The minimum Gasteiger partial charge on any atom is -0.512 e. The molecule has 0 saturated heterocycles. The Bertz CT molecular complexity index is 278. The van der Waals surface area contributed by atoms with Crippen LogP contribution in [0.5, 0.6) is 5.75 Å². The highest BCUT2D eigenvalue weighted by Crippen LogP contribution is 2.21. The van der Waals surface area contributed by atoms with E-state index in [1.54, 1.807) is 31.0 Å². The van der Waals surface area contributed by atoms with Crippen LogP contribution in [0.4, 0.5) is 0 Å². The number of hydrogen-bond donors (Lipinski definition) is 2. The number of methoxy groups -OCH3 is 1. The van der Waals surface area contributed by atoms with Crippen molar-refractivity contribution in [3.05, 3.63) is 24.3 Å². The lowest BCUT2D eigenvalue weighted by Gasteiger charge is -2.05. The highest BCUT2D eigenvalue weighted by Gasteiger charge is 2.10. The van der Waals surface area contributed by atoms with E-state index in [4.69, 9.17) is 14.8 Å². The zero-order valence-corrected chi connectivity index (χ0v) is 9.24. The molecule has 0 aliphatic carbocycles. The first-order valence-electron chi connectivity index (χ1n) is 4.47. The van der Waals surface area contributed by atoms with E-state index in [1.165, 1.54) is 0 Å². The zero-order chi connectivity index (χ0) is 11.1. The van der Waals surface area contributed by atoms with Gasteiger partial charge in [-0.05, 0) is 24.3 Å². The predicted octanol–water partition coefficient (Wildman–Crippen LogP) is 0.773. The van der Waals surface area contributed by atoms with Crippen LogP contribution in [0.15, 0.2) is 29.2 Å². The van der Waals surface area contributed by atoms with Crippen LogP contribution in [0.25, 0.3) is 0 Å². The number of thioether (sulfide) groups is 1.